The van der Waals surface area contributed by atoms with Crippen molar-refractivity contribution >= 4 is 17.6 Å². The van der Waals surface area contributed by atoms with Crippen molar-refractivity contribution in [3.63, 3.8) is 0 Å². The van der Waals surface area contributed by atoms with Crippen molar-refractivity contribution in [1.82, 2.24) is 10.2 Å². The first-order chi connectivity index (χ1) is 12.5. The van der Waals surface area contributed by atoms with Gasteiger partial charge in [-0.05, 0) is 56.0 Å². The molecule has 7 heteroatoms. The predicted octanol–water partition coefficient (Wildman–Crippen LogP) is 3.40. The molecule has 1 aromatic carbocycles. The zero-order chi connectivity index (χ0) is 18.5. The number of amides is 3. The van der Waals surface area contributed by atoms with Gasteiger partial charge >= 0.3 is 6.03 Å². The van der Waals surface area contributed by atoms with Gasteiger partial charge in [-0.15, -0.1) is 0 Å². The molecule has 0 spiro atoms. The Morgan fingerprint density at radius 1 is 1.31 bits per heavy atom. The van der Waals surface area contributed by atoms with Crippen LogP contribution in [0.2, 0.25) is 0 Å². The van der Waals surface area contributed by atoms with Crippen LogP contribution in [-0.4, -0.2) is 36.5 Å². The summed E-state index contributed by atoms with van der Waals surface area (Å²) in [5.41, 5.74) is 0.399. The predicted molar refractivity (Wildman–Crippen MR) is 95.5 cm³/mol. The Kier molecular flexibility index (Phi) is 5.55. The molecule has 1 fully saturated rings. The molecule has 2 heterocycles. The molecule has 1 saturated heterocycles. The Balaban J connectivity index is 1.49. The van der Waals surface area contributed by atoms with E-state index in [2.05, 4.69) is 10.6 Å². The molecule has 0 bridgehead atoms. The number of hydrogen-bond acceptors (Lipinski definition) is 3. The molecule has 138 valence electrons. The molecule has 1 aliphatic heterocycles. The van der Waals surface area contributed by atoms with Crippen molar-refractivity contribution in [2.24, 2.45) is 5.92 Å². The van der Waals surface area contributed by atoms with E-state index in [0.29, 0.717) is 36.8 Å². The highest BCUT2D eigenvalue weighted by atomic mass is 19.1. The van der Waals surface area contributed by atoms with Crippen molar-refractivity contribution in [1.29, 1.82) is 0 Å². The van der Waals surface area contributed by atoms with Gasteiger partial charge in [0.1, 0.15) is 11.6 Å². The summed E-state index contributed by atoms with van der Waals surface area (Å²) in [5, 5.41) is 5.39. The monoisotopic (exact) mass is 359 g/mol. The van der Waals surface area contributed by atoms with Gasteiger partial charge in [0, 0.05) is 25.3 Å². The van der Waals surface area contributed by atoms with Crippen LogP contribution in [0.1, 0.15) is 29.2 Å². The zero-order valence-electron chi connectivity index (χ0n) is 14.6. The minimum absolute atomic E-state index is 0.119. The smallest absolute Gasteiger partial charge is 0.319 e. The summed E-state index contributed by atoms with van der Waals surface area (Å²) < 4.78 is 18.5. The zero-order valence-corrected chi connectivity index (χ0v) is 14.6. The second-order valence-electron chi connectivity index (χ2n) is 6.52. The van der Waals surface area contributed by atoms with E-state index in [1.165, 1.54) is 18.2 Å². The molecular formula is C19H22FN3O3. The number of rotatable bonds is 4. The number of anilines is 1. The fourth-order valence-electron chi connectivity index (χ4n) is 3.10. The molecule has 6 nitrogen and oxygen atoms in total. The first-order valence-corrected chi connectivity index (χ1v) is 8.67. The highest BCUT2D eigenvalue weighted by Gasteiger charge is 2.26. The largest absolute Gasteiger partial charge is 0.456 e. The lowest BCUT2D eigenvalue weighted by atomic mass is 9.98. The van der Waals surface area contributed by atoms with E-state index in [0.717, 1.165) is 12.8 Å². The molecule has 1 atom stereocenters. The number of likely N-dealkylation sites (tertiary alicyclic amines) is 1. The minimum Gasteiger partial charge on any atom is -0.456 e. The average Bonchev–Trinajstić information content (AvgIpc) is 3.06. The number of urea groups is 1. The number of piperidine rings is 1. The van der Waals surface area contributed by atoms with Gasteiger partial charge in [0.25, 0.3) is 5.91 Å². The van der Waals surface area contributed by atoms with E-state index in [1.807, 2.05) is 0 Å². The lowest BCUT2D eigenvalue weighted by Crippen LogP contribution is -2.44. The molecule has 0 saturated carbocycles. The van der Waals surface area contributed by atoms with Crippen LogP contribution in [0.4, 0.5) is 14.9 Å². The second-order valence-corrected chi connectivity index (χ2v) is 6.52. The molecule has 1 aromatic heterocycles. The summed E-state index contributed by atoms with van der Waals surface area (Å²) in [6.45, 7) is 3.50. The first kappa shape index (κ1) is 18.0. The van der Waals surface area contributed by atoms with Crippen LogP contribution in [0.15, 0.2) is 40.8 Å². The summed E-state index contributed by atoms with van der Waals surface area (Å²) in [4.78, 5) is 26.2. The molecule has 0 aliphatic carbocycles. The van der Waals surface area contributed by atoms with Gasteiger partial charge in [0.15, 0.2) is 5.76 Å². The van der Waals surface area contributed by atoms with Crippen LogP contribution in [-0.2, 0) is 0 Å². The standard InChI is InChI=1S/C19H22FN3O3/c1-13-7-8-17(26-13)18(24)23-9-3-4-14(12-23)11-21-19(25)22-16-6-2-5-15(20)10-16/h2,5-8,10,14H,3-4,9,11-12H2,1H3,(H2,21,22,25). The number of carbonyl (C=O) groups is 2. The summed E-state index contributed by atoms with van der Waals surface area (Å²) in [6.07, 6.45) is 1.81. The van der Waals surface area contributed by atoms with E-state index in [-0.39, 0.29) is 17.9 Å². The molecular weight excluding hydrogens is 337 g/mol. The highest BCUT2D eigenvalue weighted by molar-refractivity contribution is 5.91. The molecule has 1 aliphatic rings. The van der Waals surface area contributed by atoms with Crippen molar-refractivity contribution in [3.05, 3.63) is 53.7 Å². The number of benzene rings is 1. The Labute approximate surface area is 151 Å². The molecule has 2 N–H and O–H groups in total. The third-order valence-electron chi connectivity index (χ3n) is 4.39. The van der Waals surface area contributed by atoms with Crippen molar-refractivity contribution in [2.45, 2.75) is 19.8 Å². The Morgan fingerprint density at radius 3 is 2.88 bits per heavy atom. The van der Waals surface area contributed by atoms with Crippen LogP contribution in [0, 0.1) is 18.7 Å². The lowest BCUT2D eigenvalue weighted by molar-refractivity contribution is 0.0641. The third-order valence-corrected chi connectivity index (χ3v) is 4.39. The van der Waals surface area contributed by atoms with Gasteiger partial charge in [0.05, 0.1) is 0 Å². The number of carbonyl (C=O) groups excluding carboxylic acids is 2. The van der Waals surface area contributed by atoms with Gasteiger partial charge in [-0.25, -0.2) is 9.18 Å². The summed E-state index contributed by atoms with van der Waals surface area (Å²) in [5.74, 6) is 0.698. The number of furan rings is 1. The van der Waals surface area contributed by atoms with Gasteiger partial charge < -0.3 is 20.0 Å². The van der Waals surface area contributed by atoms with Crippen LogP contribution in [0.3, 0.4) is 0 Å². The molecule has 3 rings (SSSR count). The maximum absolute atomic E-state index is 13.1. The number of halogens is 1. The molecule has 26 heavy (non-hydrogen) atoms. The normalized spacial score (nSPS) is 17.0. The SMILES string of the molecule is Cc1ccc(C(=O)N2CCCC(CNC(=O)Nc3cccc(F)c3)C2)o1. The third kappa shape index (κ3) is 4.62. The second kappa shape index (κ2) is 8.03. The number of nitrogens with one attached hydrogen (secondary N) is 2. The molecule has 3 amide bonds. The van der Waals surface area contributed by atoms with Crippen LogP contribution >= 0.6 is 0 Å². The number of hydrogen-bond donors (Lipinski definition) is 2. The molecule has 0 radical (unpaired) electrons. The van der Waals surface area contributed by atoms with E-state index >= 15 is 0 Å². The Hall–Kier alpha value is -2.83. The number of aryl methyl sites for hydroxylation is 1. The molecule has 2 aromatic rings. The quantitative estimate of drug-likeness (QED) is 0.879. The van der Waals surface area contributed by atoms with E-state index < -0.39 is 5.82 Å². The summed E-state index contributed by atoms with van der Waals surface area (Å²) in [7, 11) is 0. The average molecular weight is 359 g/mol. The van der Waals surface area contributed by atoms with Crippen molar-refractivity contribution in [3.8, 4) is 0 Å². The van der Waals surface area contributed by atoms with Crippen molar-refractivity contribution in [2.75, 3.05) is 25.0 Å². The maximum atomic E-state index is 13.1. The highest BCUT2D eigenvalue weighted by Crippen LogP contribution is 2.19. The summed E-state index contributed by atoms with van der Waals surface area (Å²) >= 11 is 0. The Morgan fingerprint density at radius 2 is 2.15 bits per heavy atom. The minimum atomic E-state index is -0.405. The lowest BCUT2D eigenvalue weighted by Gasteiger charge is -2.32. The van der Waals surface area contributed by atoms with Crippen LogP contribution < -0.4 is 10.6 Å². The number of nitrogens with zero attached hydrogens (tertiary/aromatic N) is 1. The fraction of sp³-hybridized carbons (Fsp3) is 0.368. The Bertz CT molecular complexity index is 790. The van der Waals surface area contributed by atoms with Crippen molar-refractivity contribution < 1.29 is 18.4 Å². The van der Waals surface area contributed by atoms with E-state index in [4.69, 9.17) is 4.42 Å². The van der Waals surface area contributed by atoms with Crippen LogP contribution in [0.5, 0.6) is 0 Å². The summed E-state index contributed by atoms with van der Waals surface area (Å²) in [6, 6.07) is 8.80. The maximum Gasteiger partial charge on any atom is 0.319 e. The van der Waals surface area contributed by atoms with E-state index in [1.54, 1.807) is 30.0 Å². The topological polar surface area (TPSA) is 74.6 Å². The van der Waals surface area contributed by atoms with Gasteiger partial charge in [-0.2, -0.15) is 0 Å². The van der Waals surface area contributed by atoms with Gasteiger partial charge in [0.2, 0.25) is 0 Å². The molecule has 1 unspecified atom stereocenters. The van der Waals surface area contributed by atoms with Gasteiger partial charge in [-0.1, -0.05) is 6.07 Å². The fourth-order valence-corrected chi connectivity index (χ4v) is 3.10. The van der Waals surface area contributed by atoms with Crippen LogP contribution in [0.25, 0.3) is 0 Å². The van der Waals surface area contributed by atoms with Gasteiger partial charge in [-0.3, -0.25) is 4.79 Å². The first-order valence-electron chi connectivity index (χ1n) is 8.67. The van der Waals surface area contributed by atoms with E-state index in [9.17, 15) is 14.0 Å².